The van der Waals surface area contributed by atoms with Gasteiger partial charge in [-0.15, -0.1) is 0 Å². The minimum Gasteiger partial charge on any atom is -0.455 e. The number of benzene rings is 1. The van der Waals surface area contributed by atoms with Crippen LogP contribution in [0, 0.1) is 11.7 Å². The Labute approximate surface area is 148 Å². The van der Waals surface area contributed by atoms with Crippen molar-refractivity contribution in [3.63, 3.8) is 0 Å². The third kappa shape index (κ3) is 4.92. The van der Waals surface area contributed by atoms with Gasteiger partial charge in [-0.3, -0.25) is 9.69 Å². The second kappa shape index (κ2) is 8.30. The first-order valence-electron chi connectivity index (χ1n) is 8.91. The Balaban J connectivity index is 1.50. The van der Waals surface area contributed by atoms with Crippen molar-refractivity contribution < 1.29 is 13.6 Å². The Morgan fingerprint density at radius 1 is 1.28 bits per heavy atom. The summed E-state index contributed by atoms with van der Waals surface area (Å²) >= 11 is 0. The van der Waals surface area contributed by atoms with Crippen LogP contribution in [-0.2, 0) is 13.0 Å². The molecule has 1 N–H and O–H groups in total. The van der Waals surface area contributed by atoms with E-state index < -0.39 is 0 Å². The van der Waals surface area contributed by atoms with E-state index in [4.69, 9.17) is 4.42 Å². The third-order valence-corrected chi connectivity index (χ3v) is 4.85. The summed E-state index contributed by atoms with van der Waals surface area (Å²) in [5.41, 5.74) is 1.19. The van der Waals surface area contributed by atoms with Gasteiger partial charge >= 0.3 is 0 Å². The van der Waals surface area contributed by atoms with E-state index in [1.54, 1.807) is 13.1 Å². The van der Waals surface area contributed by atoms with Crippen LogP contribution in [0.2, 0.25) is 0 Å². The number of hydrogen-bond acceptors (Lipinski definition) is 3. The standard InChI is InChI=1S/C20H25FN2O2/c1-22-20(24)19-11-10-18(25-19)14-23-12-2-3-16(13-23)5-4-15-6-8-17(21)9-7-15/h6-11,16H,2-5,12-14H2,1H3,(H,22,24)/t16-/m0/s1. The maximum absolute atomic E-state index is 13.0. The van der Waals surface area contributed by atoms with Crippen LogP contribution in [0.1, 0.15) is 41.1 Å². The Hall–Kier alpha value is -2.14. The summed E-state index contributed by atoms with van der Waals surface area (Å²) in [6.07, 6.45) is 4.51. The first kappa shape index (κ1) is 17.7. The van der Waals surface area contributed by atoms with Crippen LogP contribution in [0.3, 0.4) is 0 Å². The van der Waals surface area contributed by atoms with Crippen molar-refractivity contribution in [2.24, 2.45) is 5.92 Å². The zero-order valence-electron chi connectivity index (χ0n) is 14.6. The monoisotopic (exact) mass is 344 g/mol. The van der Waals surface area contributed by atoms with Gasteiger partial charge in [0.25, 0.3) is 5.91 Å². The number of carbonyl (C=O) groups is 1. The quantitative estimate of drug-likeness (QED) is 0.870. The predicted molar refractivity (Wildman–Crippen MR) is 94.8 cm³/mol. The topological polar surface area (TPSA) is 45.5 Å². The molecule has 0 aliphatic carbocycles. The SMILES string of the molecule is CNC(=O)c1ccc(CN2CCC[C@@H](CCc3ccc(F)cc3)C2)o1. The fourth-order valence-corrected chi connectivity index (χ4v) is 3.48. The van der Waals surface area contributed by atoms with Crippen molar-refractivity contribution in [2.45, 2.75) is 32.2 Å². The Morgan fingerprint density at radius 2 is 2.08 bits per heavy atom. The van der Waals surface area contributed by atoms with E-state index in [9.17, 15) is 9.18 Å². The average molecular weight is 344 g/mol. The largest absolute Gasteiger partial charge is 0.455 e. The molecule has 3 rings (SSSR count). The van der Waals surface area contributed by atoms with Crippen molar-refractivity contribution in [1.82, 2.24) is 10.2 Å². The maximum atomic E-state index is 13.0. The number of likely N-dealkylation sites (tertiary alicyclic amines) is 1. The van der Waals surface area contributed by atoms with Crippen LogP contribution >= 0.6 is 0 Å². The molecule has 2 aromatic rings. The van der Waals surface area contributed by atoms with Crippen LogP contribution in [0.25, 0.3) is 0 Å². The summed E-state index contributed by atoms with van der Waals surface area (Å²) in [5, 5.41) is 2.57. The van der Waals surface area contributed by atoms with Crippen LogP contribution in [-0.4, -0.2) is 30.9 Å². The van der Waals surface area contributed by atoms with Gasteiger partial charge in [-0.2, -0.15) is 0 Å². The van der Waals surface area contributed by atoms with E-state index in [1.165, 1.54) is 30.5 Å². The Morgan fingerprint density at radius 3 is 2.84 bits per heavy atom. The molecule has 0 radical (unpaired) electrons. The highest BCUT2D eigenvalue weighted by atomic mass is 19.1. The van der Waals surface area contributed by atoms with Crippen molar-refractivity contribution in [3.8, 4) is 0 Å². The van der Waals surface area contributed by atoms with E-state index in [0.29, 0.717) is 11.7 Å². The summed E-state index contributed by atoms with van der Waals surface area (Å²) in [6, 6.07) is 10.4. The number of furan rings is 1. The summed E-state index contributed by atoms with van der Waals surface area (Å²) in [7, 11) is 1.60. The van der Waals surface area contributed by atoms with E-state index in [0.717, 1.165) is 38.2 Å². The second-order valence-corrected chi connectivity index (χ2v) is 6.75. The fraction of sp³-hybridized carbons (Fsp3) is 0.450. The van der Waals surface area contributed by atoms with Gasteiger partial charge in [-0.05, 0) is 68.0 Å². The summed E-state index contributed by atoms with van der Waals surface area (Å²) in [4.78, 5) is 14.0. The summed E-state index contributed by atoms with van der Waals surface area (Å²) in [5.74, 6) is 1.47. The second-order valence-electron chi connectivity index (χ2n) is 6.75. The Kier molecular flexibility index (Phi) is 5.87. The minimum absolute atomic E-state index is 0.179. The molecule has 5 heteroatoms. The molecular weight excluding hydrogens is 319 g/mol. The van der Waals surface area contributed by atoms with Gasteiger partial charge in [-0.25, -0.2) is 4.39 Å². The molecule has 4 nitrogen and oxygen atoms in total. The van der Waals surface area contributed by atoms with Gasteiger partial charge in [0, 0.05) is 13.6 Å². The van der Waals surface area contributed by atoms with Gasteiger partial charge in [-0.1, -0.05) is 12.1 Å². The van der Waals surface area contributed by atoms with Gasteiger partial charge in [0.05, 0.1) is 6.54 Å². The first-order chi connectivity index (χ1) is 12.1. The van der Waals surface area contributed by atoms with Gasteiger partial charge in [0.2, 0.25) is 0 Å². The van der Waals surface area contributed by atoms with E-state index in [1.807, 2.05) is 18.2 Å². The van der Waals surface area contributed by atoms with E-state index in [2.05, 4.69) is 10.2 Å². The lowest BCUT2D eigenvalue weighted by Crippen LogP contribution is -2.35. The number of carbonyl (C=O) groups excluding carboxylic acids is 1. The van der Waals surface area contributed by atoms with Crippen LogP contribution in [0.5, 0.6) is 0 Å². The highest BCUT2D eigenvalue weighted by Crippen LogP contribution is 2.23. The number of piperidine rings is 1. The molecule has 1 fully saturated rings. The smallest absolute Gasteiger partial charge is 0.286 e. The molecule has 1 atom stereocenters. The molecule has 134 valence electrons. The third-order valence-electron chi connectivity index (χ3n) is 4.85. The molecule has 2 heterocycles. The van der Waals surface area contributed by atoms with E-state index >= 15 is 0 Å². The van der Waals surface area contributed by atoms with E-state index in [-0.39, 0.29) is 11.7 Å². The molecule has 25 heavy (non-hydrogen) atoms. The molecule has 0 unspecified atom stereocenters. The van der Waals surface area contributed by atoms with Crippen LogP contribution < -0.4 is 5.32 Å². The number of nitrogens with one attached hydrogen (secondary N) is 1. The average Bonchev–Trinajstić information content (AvgIpc) is 3.09. The normalized spacial score (nSPS) is 18.2. The number of nitrogens with zero attached hydrogens (tertiary/aromatic N) is 1. The highest BCUT2D eigenvalue weighted by molar-refractivity contribution is 5.91. The number of rotatable bonds is 6. The molecule has 0 spiro atoms. The molecule has 1 aliphatic rings. The van der Waals surface area contributed by atoms with Crippen molar-refractivity contribution in [2.75, 3.05) is 20.1 Å². The summed E-state index contributed by atoms with van der Waals surface area (Å²) in [6.45, 7) is 2.84. The molecule has 0 bridgehead atoms. The number of aryl methyl sites for hydroxylation is 1. The first-order valence-corrected chi connectivity index (χ1v) is 8.91. The highest BCUT2D eigenvalue weighted by Gasteiger charge is 2.21. The van der Waals surface area contributed by atoms with Gasteiger partial charge < -0.3 is 9.73 Å². The minimum atomic E-state index is -0.193. The lowest BCUT2D eigenvalue weighted by Gasteiger charge is -2.32. The lowest BCUT2D eigenvalue weighted by atomic mass is 9.91. The molecule has 1 saturated heterocycles. The molecule has 1 aromatic carbocycles. The number of hydrogen-bond donors (Lipinski definition) is 1. The van der Waals surface area contributed by atoms with Crippen molar-refractivity contribution in [3.05, 3.63) is 59.3 Å². The van der Waals surface area contributed by atoms with Crippen molar-refractivity contribution >= 4 is 5.91 Å². The van der Waals surface area contributed by atoms with Crippen LogP contribution in [0.4, 0.5) is 4.39 Å². The molecule has 1 amide bonds. The van der Waals surface area contributed by atoms with Crippen LogP contribution in [0.15, 0.2) is 40.8 Å². The predicted octanol–water partition coefficient (Wildman–Crippen LogP) is 3.62. The zero-order valence-corrected chi connectivity index (χ0v) is 14.6. The molecule has 1 aromatic heterocycles. The Bertz CT molecular complexity index is 696. The molecule has 1 aliphatic heterocycles. The molecular formula is C20H25FN2O2. The fourth-order valence-electron chi connectivity index (χ4n) is 3.48. The zero-order chi connectivity index (χ0) is 17.6. The summed E-state index contributed by atoms with van der Waals surface area (Å²) < 4.78 is 18.6. The maximum Gasteiger partial charge on any atom is 0.286 e. The van der Waals surface area contributed by atoms with Crippen molar-refractivity contribution in [1.29, 1.82) is 0 Å². The number of amides is 1. The lowest BCUT2D eigenvalue weighted by molar-refractivity contribution is 0.0929. The number of halogens is 1. The van der Waals surface area contributed by atoms with Gasteiger partial charge in [0.1, 0.15) is 11.6 Å². The molecule has 0 saturated carbocycles. The van der Waals surface area contributed by atoms with Gasteiger partial charge in [0.15, 0.2) is 5.76 Å².